The van der Waals surface area contributed by atoms with E-state index in [1.165, 1.54) is 0 Å². The molecule has 0 unspecified atom stereocenters. The van der Waals surface area contributed by atoms with Crippen molar-refractivity contribution in [3.05, 3.63) is 71.3 Å². The van der Waals surface area contributed by atoms with Crippen LogP contribution in [0.2, 0.25) is 0 Å². The van der Waals surface area contributed by atoms with E-state index < -0.39 is 5.97 Å². The van der Waals surface area contributed by atoms with Crippen molar-refractivity contribution in [1.29, 1.82) is 0 Å². The number of rotatable bonds is 6. The van der Waals surface area contributed by atoms with E-state index in [0.717, 1.165) is 28.5 Å². The molecule has 0 aromatic heterocycles. The molecule has 0 fully saturated rings. The average Bonchev–Trinajstić information content (AvgIpc) is 2.59. The lowest BCUT2D eigenvalue weighted by molar-refractivity contribution is -0.131. The zero-order valence-corrected chi connectivity index (χ0v) is 12.9. The van der Waals surface area contributed by atoms with Crippen LogP contribution in [0.1, 0.15) is 16.7 Å². The summed E-state index contributed by atoms with van der Waals surface area (Å²) in [5.41, 5.74) is 3.50. The quantitative estimate of drug-likeness (QED) is 0.159. The fourth-order valence-corrected chi connectivity index (χ4v) is 2.03. The minimum Gasteiger partial charge on any atom is -0.478 e. The van der Waals surface area contributed by atoms with Crippen molar-refractivity contribution < 1.29 is 15.3 Å². The summed E-state index contributed by atoms with van der Waals surface area (Å²) in [4.78, 5) is 10.5. The predicted octanol–water partition coefficient (Wildman–Crippen LogP) is 1.23. The van der Waals surface area contributed by atoms with Crippen LogP contribution >= 0.6 is 0 Å². The van der Waals surface area contributed by atoms with Crippen molar-refractivity contribution >= 4 is 23.6 Å². The van der Waals surface area contributed by atoms with E-state index in [0.29, 0.717) is 6.54 Å². The summed E-state index contributed by atoms with van der Waals surface area (Å²) in [5.74, 6) is 4.27. The molecule has 2 aromatic carbocycles. The molecule has 0 amide bonds. The number of carboxylic acids is 1. The van der Waals surface area contributed by atoms with Gasteiger partial charge in [-0.15, -0.1) is 0 Å². The Morgan fingerprint density at radius 3 is 2.67 bits per heavy atom. The molecule has 0 saturated heterocycles. The molecule has 2 rings (SSSR count). The molecular formula is C17H18N5O2+. The van der Waals surface area contributed by atoms with E-state index >= 15 is 0 Å². The number of hydrogen-bond acceptors (Lipinski definition) is 3. The maximum absolute atomic E-state index is 10.5. The highest BCUT2D eigenvalue weighted by atomic mass is 16.4. The number of nitrogens with two attached hydrogens (primary N) is 2. The van der Waals surface area contributed by atoms with E-state index in [9.17, 15) is 4.79 Å². The summed E-state index contributed by atoms with van der Waals surface area (Å²) >= 11 is 0. The lowest BCUT2D eigenvalue weighted by Gasteiger charge is -2.07. The van der Waals surface area contributed by atoms with Crippen LogP contribution in [0.15, 0.2) is 64.9 Å². The molecule has 2 aromatic rings. The third-order valence-electron chi connectivity index (χ3n) is 3.22. The second kappa shape index (κ2) is 8.23. The highest BCUT2D eigenvalue weighted by molar-refractivity contribution is 5.95. The molecule has 0 spiro atoms. The number of carboxylic acid groups (broad SMARTS) is 1. The summed E-state index contributed by atoms with van der Waals surface area (Å²) in [6.45, 7) is 0.616. The van der Waals surface area contributed by atoms with Gasteiger partial charge in [0.15, 0.2) is 0 Å². The van der Waals surface area contributed by atoms with Gasteiger partial charge in [0.2, 0.25) is 0 Å². The van der Waals surface area contributed by atoms with Crippen molar-refractivity contribution in [2.75, 3.05) is 5.32 Å². The summed E-state index contributed by atoms with van der Waals surface area (Å²) in [6.07, 6.45) is 2.66. The smallest absolute Gasteiger partial charge is 0.350 e. The van der Waals surface area contributed by atoms with Gasteiger partial charge in [-0.2, -0.15) is 0 Å². The van der Waals surface area contributed by atoms with Gasteiger partial charge in [0.25, 0.3) is 0 Å². The number of aliphatic carboxylic acids is 1. The lowest BCUT2D eigenvalue weighted by atomic mass is 10.1. The minimum absolute atomic E-state index is 0.246. The Morgan fingerprint density at radius 2 is 2.00 bits per heavy atom. The highest BCUT2D eigenvalue weighted by Gasteiger charge is 2.08. The van der Waals surface area contributed by atoms with Gasteiger partial charge in [-0.3, -0.25) is 11.3 Å². The number of benzene rings is 2. The topological polar surface area (TPSA) is 126 Å². The average molecular weight is 324 g/mol. The Hall–Kier alpha value is -3.48. The van der Waals surface area contributed by atoms with Gasteiger partial charge in [-0.1, -0.05) is 30.3 Å². The summed E-state index contributed by atoms with van der Waals surface area (Å²) in [5, 5.41) is 24.4. The largest absolute Gasteiger partial charge is 0.478 e. The number of amidine groups is 1. The first-order chi connectivity index (χ1) is 11.6. The van der Waals surface area contributed by atoms with E-state index in [2.05, 4.69) is 15.7 Å². The van der Waals surface area contributed by atoms with Gasteiger partial charge in [-0.25, -0.2) is 4.79 Å². The van der Waals surface area contributed by atoms with Crippen molar-refractivity contribution in [2.24, 2.45) is 16.2 Å². The number of anilines is 1. The van der Waals surface area contributed by atoms with Gasteiger partial charge in [-0.05, 0) is 35.4 Å². The molecule has 7 heteroatoms. The Labute approximate surface area is 139 Å². The first kappa shape index (κ1) is 16.9. The Kier molecular flexibility index (Phi) is 5.79. The monoisotopic (exact) mass is 324 g/mol. The van der Waals surface area contributed by atoms with E-state index in [-0.39, 0.29) is 5.84 Å². The second-order valence-electron chi connectivity index (χ2n) is 4.95. The number of hydrogen-bond donors (Lipinski definition) is 4. The first-order valence-electron chi connectivity index (χ1n) is 7.16. The lowest BCUT2D eigenvalue weighted by Crippen LogP contribution is -2.38. The Bertz CT molecular complexity index is 782. The first-order valence-corrected chi connectivity index (χ1v) is 7.16. The van der Waals surface area contributed by atoms with Crippen molar-refractivity contribution in [1.82, 2.24) is 0 Å². The van der Waals surface area contributed by atoms with E-state index in [4.69, 9.17) is 16.4 Å². The van der Waals surface area contributed by atoms with Crippen LogP contribution in [-0.2, 0) is 11.3 Å². The third-order valence-corrected chi connectivity index (χ3v) is 3.22. The SMILES string of the molecule is NN=NC(=[NH2+])c1cccc(NCc2ccc(/C=C/C(=O)O)cc2)c1. The van der Waals surface area contributed by atoms with Gasteiger partial charge >= 0.3 is 11.8 Å². The molecule has 0 aliphatic carbocycles. The molecule has 0 aliphatic heterocycles. The zero-order valence-electron chi connectivity index (χ0n) is 12.9. The van der Waals surface area contributed by atoms with Crippen molar-refractivity contribution in [3.63, 3.8) is 0 Å². The summed E-state index contributed by atoms with van der Waals surface area (Å²) < 4.78 is 0. The molecule has 122 valence electrons. The van der Waals surface area contributed by atoms with Gasteiger partial charge < -0.3 is 10.4 Å². The van der Waals surface area contributed by atoms with Crippen LogP contribution < -0.4 is 16.6 Å². The van der Waals surface area contributed by atoms with Crippen molar-refractivity contribution in [3.8, 4) is 0 Å². The summed E-state index contributed by atoms with van der Waals surface area (Å²) in [7, 11) is 0. The number of nitrogens with one attached hydrogen (secondary N) is 1. The molecule has 0 bridgehead atoms. The normalized spacial score (nSPS) is 11.0. The van der Waals surface area contributed by atoms with Crippen LogP contribution in [-0.4, -0.2) is 16.9 Å². The Balaban J connectivity index is 1.99. The fraction of sp³-hybridized carbons (Fsp3) is 0.0588. The van der Waals surface area contributed by atoms with E-state index in [1.54, 1.807) is 6.08 Å². The van der Waals surface area contributed by atoms with Crippen LogP contribution in [0.5, 0.6) is 0 Å². The molecule has 6 N–H and O–H groups in total. The summed E-state index contributed by atoms with van der Waals surface area (Å²) in [6, 6.07) is 15.0. The zero-order chi connectivity index (χ0) is 17.4. The van der Waals surface area contributed by atoms with E-state index in [1.807, 2.05) is 48.5 Å². The molecule has 0 aliphatic rings. The maximum Gasteiger partial charge on any atom is 0.350 e. The number of nitrogens with zero attached hydrogens (tertiary/aromatic N) is 2. The Morgan fingerprint density at radius 1 is 1.25 bits per heavy atom. The molecule has 0 saturated carbocycles. The molecule has 24 heavy (non-hydrogen) atoms. The third kappa shape index (κ3) is 5.06. The van der Waals surface area contributed by atoms with Crippen LogP contribution in [0.4, 0.5) is 5.69 Å². The molecule has 7 nitrogen and oxygen atoms in total. The molecule has 0 heterocycles. The maximum atomic E-state index is 10.5. The molecule has 0 radical (unpaired) electrons. The highest BCUT2D eigenvalue weighted by Crippen LogP contribution is 2.13. The van der Waals surface area contributed by atoms with Crippen LogP contribution in [0.3, 0.4) is 0 Å². The van der Waals surface area contributed by atoms with Gasteiger partial charge in [0.05, 0.1) is 10.7 Å². The fourth-order valence-electron chi connectivity index (χ4n) is 2.03. The minimum atomic E-state index is -0.967. The second-order valence-corrected chi connectivity index (χ2v) is 4.95. The predicted molar refractivity (Wildman–Crippen MR) is 92.0 cm³/mol. The van der Waals surface area contributed by atoms with Crippen LogP contribution in [0, 0.1) is 0 Å². The molecular weight excluding hydrogens is 306 g/mol. The molecule has 0 atom stereocenters. The number of carbonyl (C=O) groups is 1. The van der Waals surface area contributed by atoms with Crippen molar-refractivity contribution in [2.45, 2.75) is 6.54 Å². The standard InChI is InChI=1S/C17H17N5O2/c18-17(21-22-19)14-2-1-3-15(10-14)20-11-13-6-4-12(5-7-13)8-9-16(23)24/h1-10,20H,11H2,(H,23,24)(H3,18,19,21)/p+1/b9-8+. The van der Waals surface area contributed by atoms with Gasteiger partial charge in [0.1, 0.15) is 0 Å². The van der Waals surface area contributed by atoms with Gasteiger partial charge in [0, 0.05) is 23.5 Å². The van der Waals surface area contributed by atoms with Crippen LogP contribution in [0.25, 0.3) is 6.08 Å².